The van der Waals surface area contributed by atoms with E-state index in [4.69, 9.17) is 4.74 Å². The Kier molecular flexibility index (Phi) is 8.17. The van der Waals surface area contributed by atoms with E-state index >= 15 is 0 Å². The number of benzene rings is 2. The maximum absolute atomic E-state index is 5.36. The van der Waals surface area contributed by atoms with Gasteiger partial charge in [-0.1, -0.05) is 54.6 Å². The summed E-state index contributed by atoms with van der Waals surface area (Å²) in [6.45, 7) is 9.31. The van der Waals surface area contributed by atoms with Gasteiger partial charge in [0.1, 0.15) is 5.75 Å². The summed E-state index contributed by atoms with van der Waals surface area (Å²) in [6.07, 6.45) is 7.64. The third-order valence-electron chi connectivity index (χ3n) is 4.68. The van der Waals surface area contributed by atoms with E-state index in [1.807, 2.05) is 6.07 Å². The van der Waals surface area contributed by atoms with Crippen molar-refractivity contribution in [1.29, 1.82) is 0 Å². The molecular weight excluding hydrogens is 318 g/mol. The zero-order valence-corrected chi connectivity index (χ0v) is 16.5. The van der Waals surface area contributed by atoms with Crippen LogP contribution in [-0.4, -0.2) is 25.1 Å². The van der Waals surface area contributed by atoms with Crippen LogP contribution in [0.3, 0.4) is 0 Å². The van der Waals surface area contributed by atoms with E-state index in [0.29, 0.717) is 0 Å². The zero-order chi connectivity index (χ0) is 18.8. The van der Waals surface area contributed by atoms with Crippen LogP contribution in [0.5, 0.6) is 5.75 Å². The van der Waals surface area contributed by atoms with Crippen LogP contribution in [0.1, 0.15) is 37.0 Å². The highest BCUT2D eigenvalue weighted by Gasteiger charge is 2.09. The first kappa shape index (κ1) is 20.0. The number of rotatable bonds is 9. The summed E-state index contributed by atoms with van der Waals surface area (Å²) in [4.78, 5) is 2.48. The number of methoxy groups -OCH3 is 1. The van der Waals surface area contributed by atoms with Crippen LogP contribution in [0.4, 0.5) is 0 Å². The molecule has 0 radical (unpaired) electrons. The first-order valence-electron chi connectivity index (χ1n) is 9.35. The Morgan fingerprint density at radius 1 is 1.08 bits per heavy atom. The lowest BCUT2D eigenvalue weighted by Crippen LogP contribution is -2.25. The van der Waals surface area contributed by atoms with Gasteiger partial charge in [0.15, 0.2) is 0 Å². The number of allylic oxidation sites excluding steroid dienone is 2. The molecule has 2 aromatic rings. The third-order valence-corrected chi connectivity index (χ3v) is 4.68. The summed E-state index contributed by atoms with van der Waals surface area (Å²) in [5.74, 6) is 0.919. The summed E-state index contributed by atoms with van der Waals surface area (Å²) in [7, 11) is 1.72. The van der Waals surface area contributed by atoms with Gasteiger partial charge in [-0.2, -0.15) is 0 Å². The Morgan fingerprint density at radius 2 is 1.88 bits per heavy atom. The third kappa shape index (κ3) is 5.89. The van der Waals surface area contributed by atoms with E-state index in [1.54, 1.807) is 7.11 Å². The minimum Gasteiger partial charge on any atom is -0.497 e. The van der Waals surface area contributed by atoms with E-state index in [-0.39, 0.29) is 0 Å². The lowest BCUT2D eigenvalue weighted by atomic mass is 9.97. The molecule has 0 spiro atoms. The van der Waals surface area contributed by atoms with Gasteiger partial charge in [-0.25, -0.2) is 0 Å². The van der Waals surface area contributed by atoms with Gasteiger partial charge in [-0.3, -0.25) is 4.90 Å². The minimum atomic E-state index is 0.919. The van der Waals surface area contributed by atoms with Crippen LogP contribution in [0.2, 0.25) is 0 Å². The van der Waals surface area contributed by atoms with Gasteiger partial charge in [0, 0.05) is 19.6 Å². The zero-order valence-electron chi connectivity index (χ0n) is 16.5. The van der Waals surface area contributed by atoms with Crippen molar-refractivity contribution in [1.82, 2.24) is 4.90 Å². The van der Waals surface area contributed by atoms with Crippen LogP contribution in [-0.2, 0) is 6.54 Å². The molecule has 0 aliphatic rings. The molecule has 2 heteroatoms. The van der Waals surface area contributed by atoms with Crippen molar-refractivity contribution in [3.05, 3.63) is 83.4 Å². The van der Waals surface area contributed by atoms with Crippen molar-refractivity contribution in [3.63, 3.8) is 0 Å². The van der Waals surface area contributed by atoms with Crippen LogP contribution in [0.15, 0.2) is 66.8 Å². The molecule has 2 rings (SSSR count). The number of ether oxygens (including phenoxy) is 1. The maximum Gasteiger partial charge on any atom is 0.119 e. The molecule has 0 aliphatic carbocycles. The van der Waals surface area contributed by atoms with Gasteiger partial charge < -0.3 is 4.74 Å². The Balaban J connectivity index is 2.08. The second-order valence-electron chi connectivity index (χ2n) is 6.53. The molecule has 2 aromatic carbocycles. The van der Waals surface area contributed by atoms with Gasteiger partial charge >= 0.3 is 0 Å². The predicted octanol–water partition coefficient (Wildman–Crippen LogP) is 5.88. The van der Waals surface area contributed by atoms with Crippen molar-refractivity contribution in [2.75, 3.05) is 20.2 Å². The van der Waals surface area contributed by atoms with Crippen molar-refractivity contribution in [2.24, 2.45) is 0 Å². The minimum absolute atomic E-state index is 0.919. The summed E-state index contributed by atoms with van der Waals surface area (Å²) < 4.78 is 5.36. The SMILES string of the molecule is C/C=C\CN(CC/C(=C/C)c1ccccc1C)Cc1cccc(OC)c1. The summed E-state index contributed by atoms with van der Waals surface area (Å²) >= 11 is 0. The van der Waals surface area contributed by atoms with Crippen molar-refractivity contribution < 1.29 is 4.74 Å². The lowest BCUT2D eigenvalue weighted by molar-refractivity contribution is 0.301. The fourth-order valence-electron chi connectivity index (χ4n) is 3.16. The first-order valence-corrected chi connectivity index (χ1v) is 9.35. The summed E-state index contributed by atoms with van der Waals surface area (Å²) in [6, 6.07) is 17.0. The molecule has 0 saturated carbocycles. The summed E-state index contributed by atoms with van der Waals surface area (Å²) in [5, 5.41) is 0. The smallest absolute Gasteiger partial charge is 0.119 e. The van der Waals surface area contributed by atoms with Crippen molar-refractivity contribution in [3.8, 4) is 5.75 Å². The van der Waals surface area contributed by atoms with Gasteiger partial charge in [-0.15, -0.1) is 0 Å². The number of hydrogen-bond acceptors (Lipinski definition) is 2. The Labute approximate surface area is 158 Å². The van der Waals surface area contributed by atoms with Crippen LogP contribution >= 0.6 is 0 Å². The molecule has 0 aromatic heterocycles. The molecule has 0 saturated heterocycles. The van der Waals surface area contributed by atoms with Crippen molar-refractivity contribution >= 4 is 5.57 Å². The Morgan fingerprint density at radius 3 is 2.58 bits per heavy atom. The number of nitrogens with zero attached hydrogens (tertiary/aromatic N) is 1. The highest BCUT2D eigenvalue weighted by molar-refractivity contribution is 5.67. The number of hydrogen-bond donors (Lipinski definition) is 0. The molecule has 0 heterocycles. The normalized spacial score (nSPS) is 12.1. The van der Waals surface area contributed by atoms with Crippen LogP contribution in [0, 0.1) is 6.92 Å². The van der Waals surface area contributed by atoms with E-state index in [9.17, 15) is 0 Å². The Bertz CT molecular complexity index is 745. The monoisotopic (exact) mass is 349 g/mol. The second kappa shape index (κ2) is 10.6. The molecule has 0 amide bonds. The van der Waals surface area contributed by atoms with Crippen molar-refractivity contribution in [2.45, 2.75) is 33.7 Å². The Hall–Kier alpha value is -2.32. The van der Waals surface area contributed by atoms with E-state index < -0.39 is 0 Å². The molecule has 0 bridgehead atoms. The molecule has 26 heavy (non-hydrogen) atoms. The van der Waals surface area contributed by atoms with Gasteiger partial charge in [0.05, 0.1) is 7.11 Å². The van der Waals surface area contributed by atoms with E-state index in [1.165, 1.54) is 22.3 Å². The van der Waals surface area contributed by atoms with Gasteiger partial charge in [0.25, 0.3) is 0 Å². The lowest BCUT2D eigenvalue weighted by Gasteiger charge is -2.22. The summed E-state index contributed by atoms with van der Waals surface area (Å²) in [5.41, 5.74) is 5.40. The second-order valence-corrected chi connectivity index (χ2v) is 6.53. The molecule has 0 N–H and O–H groups in total. The quantitative estimate of drug-likeness (QED) is 0.525. The fraction of sp³-hybridized carbons (Fsp3) is 0.333. The first-order chi connectivity index (χ1) is 12.7. The maximum atomic E-state index is 5.36. The molecular formula is C24H31NO. The standard InChI is InChI=1S/C24H31NO/c1-5-7-16-25(19-21-12-10-13-23(18-21)26-4)17-15-22(6-2)24-14-9-8-11-20(24)3/h5-14,18H,15-17,19H2,1-4H3/b7-5-,22-6-. The van der Waals surface area contributed by atoms with Gasteiger partial charge in [-0.05, 0) is 61.6 Å². The van der Waals surface area contributed by atoms with Crippen LogP contribution < -0.4 is 4.74 Å². The topological polar surface area (TPSA) is 12.5 Å². The molecule has 0 aliphatic heterocycles. The highest BCUT2D eigenvalue weighted by Crippen LogP contribution is 2.23. The van der Waals surface area contributed by atoms with E-state index in [0.717, 1.165) is 31.8 Å². The molecule has 0 fully saturated rings. The molecule has 0 atom stereocenters. The molecule has 0 unspecified atom stereocenters. The average Bonchev–Trinajstić information content (AvgIpc) is 2.67. The largest absolute Gasteiger partial charge is 0.497 e. The fourth-order valence-corrected chi connectivity index (χ4v) is 3.16. The van der Waals surface area contributed by atoms with Crippen LogP contribution in [0.25, 0.3) is 5.57 Å². The average molecular weight is 350 g/mol. The highest BCUT2D eigenvalue weighted by atomic mass is 16.5. The molecule has 138 valence electrons. The molecule has 2 nitrogen and oxygen atoms in total. The number of aryl methyl sites for hydroxylation is 1. The van der Waals surface area contributed by atoms with E-state index in [2.05, 4.69) is 86.4 Å². The predicted molar refractivity (Wildman–Crippen MR) is 113 cm³/mol. The van der Waals surface area contributed by atoms with Gasteiger partial charge in [0.2, 0.25) is 0 Å².